The molecule has 0 aromatic heterocycles. The molecule has 82 valence electrons. The third kappa shape index (κ3) is 1.48. The molecule has 1 heterocycles. The lowest BCUT2D eigenvalue weighted by Crippen LogP contribution is -2.48. The molecule has 15 heavy (non-hydrogen) atoms. The van der Waals surface area contributed by atoms with E-state index in [0.717, 1.165) is 19.4 Å². The first-order valence-corrected chi connectivity index (χ1v) is 5.74. The van der Waals surface area contributed by atoms with Crippen molar-refractivity contribution in [3.63, 3.8) is 0 Å². The van der Waals surface area contributed by atoms with Gasteiger partial charge in [-0.1, -0.05) is 37.3 Å². The number of hydrogen-bond donors (Lipinski definition) is 1. The van der Waals surface area contributed by atoms with E-state index < -0.39 is 0 Å². The van der Waals surface area contributed by atoms with E-state index in [4.69, 9.17) is 5.73 Å². The van der Waals surface area contributed by atoms with E-state index in [1.165, 1.54) is 5.56 Å². The van der Waals surface area contributed by atoms with Crippen LogP contribution in [0.15, 0.2) is 30.3 Å². The maximum atomic E-state index is 6.31. The minimum Gasteiger partial charge on any atom is -0.326 e. The fourth-order valence-corrected chi connectivity index (χ4v) is 2.95. The van der Waals surface area contributed by atoms with Gasteiger partial charge >= 0.3 is 0 Å². The van der Waals surface area contributed by atoms with Crippen molar-refractivity contribution in [3.05, 3.63) is 35.9 Å². The van der Waals surface area contributed by atoms with Gasteiger partial charge in [0.2, 0.25) is 0 Å². The van der Waals surface area contributed by atoms with E-state index >= 15 is 0 Å². The van der Waals surface area contributed by atoms with Crippen LogP contribution < -0.4 is 5.73 Å². The van der Waals surface area contributed by atoms with Gasteiger partial charge in [0.15, 0.2) is 0 Å². The first kappa shape index (κ1) is 10.7. The molecule has 1 aromatic carbocycles. The van der Waals surface area contributed by atoms with E-state index in [-0.39, 0.29) is 11.6 Å². The molecule has 1 saturated heterocycles. The van der Waals surface area contributed by atoms with E-state index in [0.29, 0.717) is 0 Å². The average molecular weight is 204 g/mol. The van der Waals surface area contributed by atoms with Crippen LogP contribution in [0.3, 0.4) is 0 Å². The average Bonchev–Trinajstić information content (AvgIpc) is 2.57. The van der Waals surface area contributed by atoms with Crippen LogP contribution in [-0.2, 0) is 5.54 Å². The van der Waals surface area contributed by atoms with Gasteiger partial charge < -0.3 is 5.73 Å². The molecule has 2 atom stereocenters. The van der Waals surface area contributed by atoms with E-state index in [1.807, 2.05) is 0 Å². The lowest BCUT2D eigenvalue weighted by atomic mass is 9.81. The van der Waals surface area contributed by atoms with Crippen molar-refractivity contribution in [3.8, 4) is 0 Å². The van der Waals surface area contributed by atoms with Crippen molar-refractivity contribution in [2.45, 2.75) is 31.3 Å². The standard InChI is InChI=1S/C13H20N2/c1-3-13(11-7-5-4-6-8-11)12(14)9-10-15(13)2/h4-8,12H,3,9-10,14H2,1-2H3. The molecule has 0 amide bonds. The molecule has 1 aliphatic heterocycles. The van der Waals surface area contributed by atoms with Crippen LogP contribution >= 0.6 is 0 Å². The van der Waals surface area contributed by atoms with Gasteiger partial charge in [0.05, 0.1) is 5.54 Å². The Morgan fingerprint density at radius 1 is 1.40 bits per heavy atom. The molecule has 2 unspecified atom stereocenters. The fraction of sp³-hybridized carbons (Fsp3) is 0.538. The van der Waals surface area contributed by atoms with Gasteiger partial charge in [-0.2, -0.15) is 0 Å². The SMILES string of the molecule is CCC1(c2ccccc2)C(N)CCN1C. The minimum absolute atomic E-state index is 0.0568. The molecule has 0 radical (unpaired) electrons. The summed E-state index contributed by atoms with van der Waals surface area (Å²) in [6.07, 6.45) is 2.17. The number of likely N-dealkylation sites (tertiary alicyclic amines) is 1. The zero-order chi connectivity index (χ0) is 10.9. The molecule has 1 fully saturated rings. The molecule has 0 bridgehead atoms. The van der Waals surface area contributed by atoms with Crippen LogP contribution in [0.25, 0.3) is 0 Å². The predicted molar refractivity (Wildman–Crippen MR) is 63.6 cm³/mol. The van der Waals surface area contributed by atoms with Crippen LogP contribution in [-0.4, -0.2) is 24.5 Å². The summed E-state index contributed by atoms with van der Waals surface area (Å²) in [5, 5.41) is 0. The highest BCUT2D eigenvalue weighted by molar-refractivity contribution is 5.28. The predicted octanol–water partition coefficient (Wildman–Crippen LogP) is 1.95. The van der Waals surface area contributed by atoms with Gasteiger partial charge in [-0.25, -0.2) is 0 Å². The van der Waals surface area contributed by atoms with Crippen molar-refractivity contribution in [2.75, 3.05) is 13.6 Å². The molecular weight excluding hydrogens is 184 g/mol. The number of nitrogens with two attached hydrogens (primary N) is 1. The smallest absolute Gasteiger partial charge is 0.0608 e. The number of hydrogen-bond acceptors (Lipinski definition) is 2. The maximum Gasteiger partial charge on any atom is 0.0608 e. The summed E-state index contributed by atoms with van der Waals surface area (Å²) in [6, 6.07) is 10.9. The Bertz CT molecular complexity index is 311. The second kappa shape index (κ2) is 3.95. The first-order chi connectivity index (χ1) is 7.21. The zero-order valence-corrected chi connectivity index (χ0v) is 9.61. The molecule has 2 rings (SSSR count). The number of rotatable bonds is 2. The topological polar surface area (TPSA) is 29.3 Å². The zero-order valence-electron chi connectivity index (χ0n) is 9.61. The molecule has 2 nitrogen and oxygen atoms in total. The van der Waals surface area contributed by atoms with Gasteiger partial charge in [0.25, 0.3) is 0 Å². The Hall–Kier alpha value is -0.860. The quantitative estimate of drug-likeness (QED) is 0.798. The first-order valence-electron chi connectivity index (χ1n) is 5.74. The highest BCUT2D eigenvalue weighted by Gasteiger charge is 2.44. The number of benzene rings is 1. The molecule has 0 aliphatic carbocycles. The Morgan fingerprint density at radius 2 is 2.07 bits per heavy atom. The van der Waals surface area contributed by atoms with Crippen LogP contribution in [0.1, 0.15) is 25.3 Å². The fourth-order valence-electron chi connectivity index (χ4n) is 2.95. The maximum absolute atomic E-state index is 6.31. The Morgan fingerprint density at radius 3 is 2.53 bits per heavy atom. The summed E-state index contributed by atoms with van der Waals surface area (Å²) in [7, 11) is 2.18. The molecule has 2 heteroatoms. The van der Waals surface area contributed by atoms with Crippen molar-refractivity contribution in [2.24, 2.45) is 5.73 Å². The van der Waals surface area contributed by atoms with Gasteiger partial charge in [-0.3, -0.25) is 4.90 Å². The highest BCUT2D eigenvalue weighted by atomic mass is 15.2. The lowest BCUT2D eigenvalue weighted by molar-refractivity contribution is 0.151. The van der Waals surface area contributed by atoms with E-state index in [2.05, 4.69) is 49.2 Å². The summed E-state index contributed by atoms with van der Waals surface area (Å²) in [5.74, 6) is 0. The Labute approximate surface area is 92.1 Å². The summed E-state index contributed by atoms with van der Waals surface area (Å²) >= 11 is 0. The normalized spacial score (nSPS) is 32.1. The summed E-state index contributed by atoms with van der Waals surface area (Å²) in [4.78, 5) is 2.41. The largest absolute Gasteiger partial charge is 0.326 e. The van der Waals surface area contributed by atoms with Gasteiger partial charge in [0, 0.05) is 12.6 Å². The molecule has 2 N–H and O–H groups in total. The van der Waals surface area contributed by atoms with Crippen LogP contribution in [0.5, 0.6) is 0 Å². The lowest BCUT2D eigenvalue weighted by Gasteiger charge is -2.39. The second-order valence-electron chi connectivity index (χ2n) is 4.46. The van der Waals surface area contributed by atoms with Crippen LogP contribution in [0.2, 0.25) is 0 Å². The van der Waals surface area contributed by atoms with Crippen molar-refractivity contribution in [1.29, 1.82) is 0 Å². The molecule has 0 saturated carbocycles. The van der Waals surface area contributed by atoms with Crippen molar-refractivity contribution in [1.82, 2.24) is 4.90 Å². The van der Waals surface area contributed by atoms with E-state index in [1.54, 1.807) is 0 Å². The van der Waals surface area contributed by atoms with E-state index in [9.17, 15) is 0 Å². The Balaban J connectivity index is 2.45. The van der Waals surface area contributed by atoms with Crippen molar-refractivity contribution < 1.29 is 0 Å². The number of likely N-dealkylation sites (N-methyl/N-ethyl adjacent to an activating group) is 1. The molecule has 1 aliphatic rings. The third-order valence-corrected chi connectivity index (χ3v) is 3.88. The Kier molecular flexibility index (Phi) is 2.81. The van der Waals surface area contributed by atoms with Gasteiger partial charge in [-0.15, -0.1) is 0 Å². The van der Waals surface area contributed by atoms with Gasteiger partial charge in [0.1, 0.15) is 0 Å². The molecule has 1 aromatic rings. The van der Waals surface area contributed by atoms with Crippen LogP contribution in [0, 0.1) is 0 Å². The van der Waals surface area contributed by atoms with Crippen LogP contribution in [0.4, 0.5) is 0 Å². The summed E-state index contributed by atoms with van der Waals surface area (Å²) in [6.45, 7) is 3.33. The monoisotopic (exact) mass is 204 g/mol. The highest BCUT2D eigenvalue weighted by Crippen LogP contribution is 2.39. The number of nitrogens with zero attached hydrogens (tertiary/aromatic N) is 1. The second-order valence-corrected chi connectivity index (χ2v) is 4.46. The summed E-state index contributed by atoms with van der Waals surface area (Å²) < 4.78 is 0. The van der Waals surface area contributed by atoms with Crippen molar-refractivity contribution >= 4 is 0 Å². The third-order valence-electron chi connectivity index (χ3n) is 3.88. The molecule has 0 spiro atoms. The molecular formula is C13H20N2. The summed E-state index contributed by atoms with van der Waals surface area (Å²) in [5.41, 5.74) is 7.72. The van der Waals surface area contributed by atoms with Gasteiger partial charge in [-0.05, 0) is 25.5 Å². The minimum atomic E-state index is 0.0568.